The molecule has 0 amide bonds. The molecule has 4 N–H and O–H groups in total. The van der Waals surface area contributed by atoms with Gasteiger partial charge in [0.2, 0.25) is 0 Å². The number of H-pyrrole nitrogens is 1. The number of phenolic OH excluding ortho intramolecular Hbond substituents is 1. The van der Waals surface area contributed by atoms with Gasteiger partial charge in [-0.1, -0.05) is 12.1 Å². The van der Waals surface area contributed by atoms with Crippen LogP contribution in [0.15, 0.2) is 40.1 Å². The summed E-state index contributed by atoms with van der Waals surface area (Å²) in [6.45, 7) is -0.361. The minimum Gasteiger partial charge on any atom is -0.508 e. The van der Waals surface area contributed by atoms with E-state index in [1.54, 1.807) is 12.1 Å². The van der Waals surface area contributed by atoms with Gasteiger partial charge in [-0.2, -0.15) is 0 Å². The highest BCUT2D eigenvalue weighted by Crippen LogP contribution is 2.28. The largest absolute Gasteiger partial charge is 0.508 e. The average molecular weight is 320 g/mol. The van der Waals surface area contributed by atoms with Crippen molar-refractivity contribution in [1.82, 2.24) is 9.55 Å². The number of aliphatic hydroxyl groups is 2. The molecule has 23 heavy (non-hydrogen) atoms. The highest BCUT2D eigenvalue weighted by atomic mass is 16.5. The minimum atomic E-state index is -0.888. The van der Waals surface area contributed by atoms with Crippen LogP contribution in [0.25, 0.3) is 11.1 Å². The number of aliphatic hydroxyl groups excluding tert-OH is 2. The SMILES string of the molecule is O=c1[nH]c(=O)n([C@H]2C[C@H](O)[C@@H](CO)O2)cc1-c1ccc(O)cc1. The minimum absolute atomic E-state index is 0.0616. The summed E-state index contributed by atoms with van der Waals surface area (Å²) in [7, 11) is 0. The maximum Gasteiger partial charge on any atom is 0.330 e. The van der Waals surface area contributed by atoms with Crippen molar-refractivity contribution in [2.75, 3.05) is 6.61 Å². The quantitative estimate of drug-likeness (QED) is 0.607. The molecule has 122 valence electrons. The van der Waals surface area contributed by atoms with Crippen LogP contribution in [0.1, 0.15) is 12.6 Å². The molecule has 8 heteroatoms. The van der Waals surface area contributed by atoms with Gasteiger partial charge < -0.3 is 20.1 Å². The van der Waals surface area contributed by atoms with E-state index in [2.05, 4.69) is 4.98 Å². The molecule has 1 aromatic carbocycles. The van der Waals surface area contributed by atoms with E-state index in [1.807, 2.05) is 0 Å². The average Bonchev–Trinajstić information content (AvgIpc) is 2.89. The summed E-state index contributed by atoms with van der Waals surface area (Å²) in [4.78, 5) is 26.2. The zero-order valence-electron chi connectivity index (χ0n) is 12.0. The first-order valence-corrected chi connectivity index (χ1v) is 7.09. The van der Waals surface area contributed by atoms with Gasteiger partial charge in [-0.15, -0.1) is 0 Å². The van der Waals surface area contributed by atoms with Crippen LogP contribution in [0, 0.1) is 0 Å². The number of nitrogens with zero attached hydrogens (tertiary/aromatic N) is 1. The number of aromatic amines is 1. The third-order valence-electron chi connectivity index (χ3n) is 3.84. The van der Waals surface area contributed by atoms with Crippen LogP contribution < -0.4 is 11.2 Å². The van der Waals surface area contributed by atoms with E-state index in [0.29, 0.717) is 5.56 Å². The second kappa shape index (κ2) is 5.99. The number of hydrogen-bond acceptors (Lipinski definition) is 6. The van der Waals surface area contributed by atoms with E-state index in [-0.39, 0.29) is 24.3 Å². The monoisotopic (exact) mass is 320 g/mol. The molecule has 3 atom stereocenters. The Bertz CT molecular complexity index is 810. The van der Waals surface area contributed by atoms with Gasteiger partial charge in [-0.3, -0.25) is 14.3 Å². The van der Waals surface area contributed by atoms with Gasteiger partial charge in [0, 0.05) is 12.6 Å². The van der Waals surface area contributed by atoms with Crippen molar-refractivity contribution in [2.24, 2.45) is 0 Å². The van der Waals surface area contributed by atoms with Gasteiger partial charge >= 0.3 is 5.69 Å². The van der Waals surface area contributed by atoms with Crippen molar-refractivity contribution in [2.45, 2.75) is 24.9 Å². The van der Waals surface area contributed by atoms with Crippen molar-refractivity contribution in [1.29, 1.82) is 0 Å². The molecule has 3 rings (SSSR count). The zero-order chi connectivity index (χ0) is 16.6. The predicted molar refractivity (Wildman–Crippen MR) is 80.0 cm³/mol. The van der Waals surface area contributed by atoms with Crippen molar-refractivity contribution < 1.29 is 20.1 Å². The van der Waals surface area contributed by atoms with E-state index < -0.39 is 29.7 Å². The standard InChI is InChI=1S/C15H16N2O6/c18-7-12-11(20)5-13(23-12)17-6-10(14(21)16-15(17)22)8-1-3-9(19)4-2-8/h1-4,6,11-13,18-20H,5,7H2,(H,16,21,22)/t11-,12+,13+/m0/s1. The Morgan fingerprint density at radius 1 is 1.26 bits per heavy atom. The van der Waals surface area contributed by atoms with E-state index in [4.69, 9.17) is 9.84 Å². The van der Waals surface area contributed by atoms with Crippen molar-refractivity contribution in [3.63, 3.8) is 0 Å². The van der Waals surface area contributed by atoms with Crippen molar-refractivity contribution in [3.05, 3.63) is 51.3 Å². The number of hydrogen-bond donors (Lipinski definition) is 4. The molecular formula is C15H16N2O6. The second-order valence-electron chi connectivity index (χ2n) is 5.37. The first-order valence-electron chi connectivity index (χ1n) is 7.09. The molecule has 0 radical (unpaired) electrons. The molecular weight excluding hydrogens is 304 g/mol. The van der Waals surface area contributed by atoms with Crippen LogP contribution in [0.2, 0.25) is 0 Å². The van der Waals surface area contributed by atoms with Crippen molar-refractivity contribution in [3.8, 4) is 16.9 Å². The van der Waals surface area contributed by atoms with Gasteiger partial charge in [0.1, 0.15) is 18.1 Å². The Labute approximate surface area is 130 Å². The van der Waals surface area contributed by atoms with Gasteiger partial charge in [-0.25, -0.2) is 4.79 Å². The third-order valence-corrected chi connectivity index (χ3v) is 3.84. The van der Waals surface area contributed by atoms with Gasteiger partial charge in [-0.05, 0) is 17.7 Å². The number of rotatable bonds is 3. The summed E-state index contributed by atoms with van der Waals surface area (Å²) in [6, 6.07) is 5.97. The summed E-state index contributed by atoms with van der Waals surface area (Å²) in [5, 5.41) is 28.2. The second-order valence-corrected chi connectivity index (χ2v) is 5.37. The zero-order valence-corrected chi connectivity index (χ0v) is 12.0. The molecule has 1 fully saturated rings. The first-order chi connectivity index (χ1) is 11.0. The highest BCUT2D eigenvalue weighted by molar-refractivity contribution is 5.62. The molecule has 0 aliphatic carbocycles. The molecule has 0 bridgehead atoms. The lowest BCUT2D eigenvalue weighted by molar-refractivity contribution is -0.0458. The van der Waals surface area contributed by atoms with Crippen molar-refractivity contribution >= 4 is 0 Å². The van der Waals surface area contributed by atoms with Gasteiger partial charge in [0.25, 0.3) is 5.56 Å². The molecule has 0 unspecified atom stereocenters. The molecule has 1 aromatic heterocycles. The van der Waals surface area contributed by atoms with Crippen LogP contribution >= 0.6 is 0 Å². The topological polar surface area (TPSA) is 125 Å². The maximum atomic E-state index is 12.0. The number of phenols is 1. The molecule has 0 saturated carbocycles. The van der Waals surface area contributed by atoms with Crippen LogP contribution in [0.4, 0.5) is 0 Å². The summed E-state index contributed by atoms with van der Waals surface area (Å²) < 4.78 is 6.62. The molecule has 1 aliphatic rings. The van der Waals surface area contributed by atoms with E-state index in [0.717, 1.165) is 0 Å². The molecule has 0 spiro atoms. The maximum absolute atomic E-state index is 12.0. The fourth-order valence-electron chi connectivity index (χ4n) is 2.60. The van der Waals surface area contributed by atoms with Gasteiger partial charge in [0.15, 0.2) is 0 Å². The van der Waals surface area contributed by atoms with Crippen LogP contribution in [-0.4, -0.2) is 43.7 Å². The Kier molecular flexibility index (Phi) is 4.03. The molecule has 1 aliphatic heterocycles. The van der Waals surface area contributed by atoms with Crippen LogP contribution in [0.3, 0.4) is 0 Å². The molecule has 8 nitrogen and oxygen atoms in total. The van der Waals surface area contributed by atoms with Crippen LogP contribution in [-0.2, 0) is 4.74 Å². The highest BCUT2D eigenvalue weighted by Gasteiger charge is 2.35. The predicted octanol–water partition coefficient (Wildman–Crippen LogP) is -0.450. The van der Waals surface area contributed by atoms with Crippen LogP contribution in [0.5, 0.6) is 5.75 Å². The fraction of sp³-hybridized carbons (Fsp3) is 0.333. The van der Waals surface area contributed by atoms with E-state index >= 15 is 0 Å². The fourth-order valence-corrected chi connectivity index (χ4v) is 2.60. The number of aromatic nitrogens is 2. The number of benzene rings is 1. The van der Waals surface area contributed by atoms with E-state index in [9.17, 15) is 19.8 Å². The number of nitrogens with one attached hydrogen (secondary N) is 1. The van der Waals surface area contributed by atoms with E-state index in [1.165, 1.54) is 22.9 Å². The first kappa shape index (κ1) is 15.5. The molecule has 1 saturated heterocycles. The molecule has 2 heterocycles. The Morgan fingerprint density at radius 2 is 1.96 bits per heavy atom. The Balaban J connectivity index is 2.03. The lowest BCUT2D eigenvalue weighted by Crippen LogP contribution is -2.33. The van der Waals surface area contributed by atoms with Gasteiger partial charge in [0.05, 0.1) is 18.3 Å². The summed E-state index contributed by atoms with van der Waals surface area (Å²) in [6.07, 6.45) is -0.948. The lowest BCUT2D eigenvalue weighted by atomic mass is 10.1. The number of aromatic hydroxyl groups is 1. The summed E-state index contributed by atoms with van der Waals surface area (Å²) in [5.41, 5.74) is -0.465. The Hall–Kier alpha value is -2.42. The summed E-state index contributed by atoms with van der Waals surface area (Å²) >= 11 is 0. The normalized spacial score (nSPS) is 24.0. The number of ether oxygens (including phenoxy) is 1. The molecule has 2 aromatic rings. The lowest BCUT2D eigenvalue weighted by Gasteiger charge is -2.15. The Morgan fingerprint density at radius 3 is 2.57 bits per heavy atom. The summed E-state index contributed by atoms with van der Waals surface area (Å²) in [5.74, 6) is 0.0616. The smallest absolute Gasteiger partial charge is 0.330 e. The third kappa shape index (κ3) is 2.91.